The first-order valence-corrected chi connectivity index (χ1v) is 6.71. The number of imidazole rings is 1. The van der Waals surface area contributed by atoms with Gasteiger partial charge in [-0.3, -0.25) is 4.72 Å². The second-order valence-electron chi connectivity index (χ2n) is 3.91. The molecule has 0 saturated heterocycles. The minimum absolute atomic E-state index is 0.0392. The Hall–Kier alpha value is -2.02. The molecule has 2 aromatic rings. The smallest absolute Gasteiger partial charge is 0.279 e. The van der Waals surface area contributed by atoms with Gasteiger partial charge in [0.1, 0.15) is 11.6 Å². The average Bonchev–Trinajstić information content (AvgIpc) is 2.71. The molecule has 18 heavy (non-hydrogen) atoms. The van der Waals surface area contributed by atoms with Gasteiger partial charge in [-0.2, -0.15) is 8.42 Å². The Morgan fingerprint density at radius 2 is 2.06 bits per heavy atom. The van der Waals surface area contributed by atoms with Crippen LogP contribution in [0.25, 0.3) is 0 Å². The zero-order valence-corrected chi connectivity index (χ0v) is 10.7. The summed E-state index contributed by atoms with van der Waals surface area (Å²) in [5, 5.41) is 9.61. The summed E-state index contributed by atoms with van der Waals surface area (Å²) in [6.45, 7) is 3.36. The quantitative estimate of drug-likeness (QED) is 0.735. The number of anilines is 1. The van der Waals surface area contributed by atoms with Crippen molar-refractivity contribution in [1.29, 1.82) is 0 Å². The fourth-order valence-corrected chi connectivity index (χ4v) is 2.63. The Labute approximate surface area is 105 Å². The molecule has 0 amide bonds. The summed E-state index contributed by atoms with van der Waals surface area (Å²) >= 11 is 0. The maximum absolute atomic E-state index is 12.0. The van der Waals surface area contributed by atoms with Gasteiger partial charge in [0.05, 0.1) is 11.9 Å². The van der Waals surface area contributed by atoms with Gasteiger partial charge in [0, 0.05) is 0 Å². The molecule has 0 fully saturated rings. The minimum Gasteiger partial charge on any atom is -0.506 e. The predicted octanol–water partition coefficient (Wildman–Crippen LogP) is 1.53. The van der Waals surface area contributed by atoms with Gasteiger partial charge in [0.25, 0.3) is 10.0 Å². The number of para-hydroxylation sites is 1. The number of phenols is 1. The molecule has 96 valence electrons. The number of aromatic hydroxyl groups is 1. The van der Waals surface area contributed by atoms with Crippen molar-refractivity contribution in [3.63, 3.8) is 0 Å². The molecule has 0 aliphatic carbocycles. The number of nitrogens with one attached hydrogen (secondary N) is 2. The number of nitrogens with zero attached hydrogens (tertiary/aromatic N) is 1. The Morgan fingerprint density at radius 3 is 2.61 bits per heavy atom. The summed E-state index contributed by atoms with van der Waals surface area (Å²) in [6, 6.07) is 4.77. The van der Waals surface area contributed by atoms with Crippen LogP contribution in [0.3, 0.4) is 0 Å². The predicted molar refractivity (Wildman–Crippen MR) is 67.0 cm³/mol. The SMILES string of the molecule is Cc1ncc(S(=O)(=O)Nc2c(C)cccc2O)[nH]1. The van der Waals surface area contributed by atoms with E-state index >= 15 is 0 Å². The van der Waals surface area contributed by atoms with Crippen LogP contribution < -0.4 is 4.72 Å². The number of benzene rings is 1. The van der Waals surface area contributed by atoms with Crippen LogP contribution >= 0.6 is 0 Å². The zero-order valence-electron chi connectivity index (χ0n) is 9.93. The van der Waals surface area contributed by atoms with E-state index in [1.165, 1.54) is 12.3 Å². The van der Waals surface area contributed by atoms with E-state index in [2.05, 4.69) is 14.7 Å². The third kappa shape index (κ3) is 2.30. The lowest BCUT2D eigenvalue weighted by molar-refractivity contribution is 0.477. The standard InChI is InChI=1S/C11H13N3O3S/c1-7-4-3-5-9(15)11(7)14-18(16,17)10-6-12-8(2)13-10/h3-6,14-15H,1-2H3,(H,12,13). The van der Waals surface area contributed by atoms with Crippen molar-refractivity contribution >= 4 is 15.7 Å². The lowest BCUT2D eigenvalue weighted by Gasteiger charge is -2.10. The van der Waals surface area contributed by atoms with Gasteiger partial charge in [-0.1, -0.05) is 12.1 Å². The molecule has 3 N–H and O–H groups in total. The number of phenolic OH excluding ortho intramolecular Hbond substituents is 1. The highest BCUT2D eigenvalue weighted by Crippen LogP contribution is 2.28. The summed E-state index contributed by atoms with van der Waals surface area (Å²) in [4.78, 5) is 6.46. The lowest BCUT2D eigenvalue weighted by Crippen LogP contribution is -2.14. The maximum atomic E-state index is 12.0. The number of aryl methyl sites for hydroxylation is 2. The molecule has 0 aliphatic heterocycles. The Bertz CT molecular complexity index is 656. The topological polar surface area (TPSA) is 95.1 Å². The van der Waals surface area contributed by atoms with Crippen LogP contribution in [0.15, 0.2) is 29.4 Å². The maximum Gasteiger partial charge on any atom is 0.279 e. The molecule has 0 aliphatic rings. The van der Waals surface area contributed by atoms with Gasteiger partial charge in [-0.15, -0.1) is 0 Å². The Kier molecular flexibility index (Phi) is 3.00. The molecule has 0 saturated carbocycles. The number of rotatable bonds is 3. The molecule has 0 atom stereocenters. The summed E-state index contributed by atoms with van der Waals surface area (Å²) in [6.07, 6.45) is 1.23. The van der Waals surface area contributed by atoms with Gasteiger partial charge in [0.15, 0.2) is 5.03 Å². The number of hydrogen-bond donors (Lipinski definition) is 3. The summed E-state index contributed by atoms with van der Waals surface area (Å²) < 4.78 is 26.4. The van der Waals surface area contributed by atoms with Crippen molar-refractivity contribution < 1.29 is 13.5 Å². The molecule has 7 heteroatoms. The van der Waals surface area contributed by atoms with Crippen molar-refractivity contribution in [3.05, 3.63) is 35.8 Å². The minimum atomic E-state index is -3.77. The normalized spacial score (nSPS) is 11.4. The van der Waals surface area contributed by atoms with Crippen LogP contribution in [0.1, 0.15) is 11.4 Å². The molecule has 1 heterocycles. The number of hydrogen-bond acceptors (Lipinski definition) is 4. The van der Waals surface area contributed by atoms with E-state index in [4.69, 9.17) is 0 Å². The van der Waals surface area contributed by atoms with E-state index in [0.29, 0.717) is 11.4 Å². The van der Waals surface area contributed by atoms with Gasteiger partial charge in [0.2, 0.25) is 0 Å². The third-order valence-electron chi connectivity index (χ3n) is 2.46. The molecule has 0 spiro atoms. The fourth-order valence-electron chi connectivity index (χ4n) is 1.51. The summed E-state index contributed by atoms with van der Waals surface area (Å²) in [5.41, 5.74) is 0.805. The summed E-state index contributed by atoms with van der Waals surface area (Å²) in [5.74, 6) is 0.388. The first-order chi connectivity index (χ1) is 8.40. The molecule has 0 unspecified atom stereocenters. The molecule has 0 radical (unpaired) electrons. The van der Waals surface area contributed by atoms with Crippen LogP contribution in [0.5, 0.6) is 5.75 Å². The van der Waals surface area contributed by atoms with Crippen molar-refractivity contribution in [2.75, 3.05) is 4.72 Å². The van der Waals surface area contributed by atoms with E-state index in [0.717, 1.165) is 0 Å². The van der Waals surface area contributed by atoms with E-state index in [1.807, 2.05) is 0 Å². The Morgan fingerprint density at radius 1 is 1.33 bits per heavy atom. The molecule has 6 nitrogen and oxygen atoms in total. The molecule has 2 rings (SSSR count). The first kappa shape index (κ1) is 12.4. The van der Waals surface area contributed by atoms with Crippen molar-refractivity contribution in [1.82, 2.24) is 9.97 Å². The Balaban J connectivity index is 2.40. The van der Waals surface area contributed by atoms with Gasteiger partial charge in [-0.25, -0.2) is 4.98 Å². The second kappa shape index (κ2) is 4.34. The van der Waals surface area contributed by atoms with Crippen molar-refractivity contribution in [3.8, 4) is 5.75 Å². The van der Waals surface area contributed by atoms with Crippen molar-refractivity contribution in [2.45, 2.75) is 18.9 Å². The van der Waals surface area contributed by atoms with Crippen LogP contribution in [-0.2, 0) is 10.0 Å². The largest absolute Gasteiger partial charge is 0.506 e. The van der Waals surface area contributed by atoms with Gasteiger partial charge < -0.3 is 10.1 Å². The van der Waals surface area contributed by atoms with E-state index < -0.39 is 10.0 Å². The first-order valence-electron chi connectivity index (χ1n) is 5.23. The monoisotopic (exact) mass is 267 g/mol. The highest BCUT2D eigenvalue weighted by molar-refractivity contribution is 7.92. The number of sulfonamides is 1. The molecule has 1 aromatic carbocycles. The zero-order chi connectivity index (χ0) is 13.3. The molecule has 0 bridgehead atoms. The highest BCUT2D eigenvalue weighted by Gasteiger charge is 2.19. The van der Waals surface area contributed by atoms with Gasteiger partial charge >= 0.3 is 0 Å². The van der Waals surface area contributed by atoms with Crippen LogP contribution in [0, 0.1) is 13.8 Å². The number of aromatic amines is 1. The third-order valence-corrected chi connectivity index (χ3v) is 3.72. The number of H-pyrrole nitrogens is 1. The van der Waals surface area contributed by atoms with Crippen LogP contribution in [-0.4, -0.2) is 23.5 Å². The van der Waals surface area contributed by atoms with Crippen LogP contribution in [0.2, 0.25) is 0 Å². The van der Waals surface area contributed by atoms with Crippen molar-refractivity contribution in [2.24, 2.45) is 0 Å². The van der Waals surface area contributed by atoms with E-state index in [9.17, 15) is 13.5 Å². The highest BCUT2D eigenvalue weighted by atomic mass is 32.2. The summed E-state index contributed by atoms with van der Waals surface area (Å²) in [7, 11) is -3.77. The second-order valence-corrected chi connectivity index (χ2v) is 5.56. The molecule has 1 aromatic heterocycles. The van der Waals surface area contributed by atoms with E-state index in [-0.39, 0.29) is 16.5 Å². The average molecular weight is 267 g/mol. The number of aromatic nitrogens is 2. The molecular formula is C11H13N3O3S. The van der Waals surface area contributed by atoms with E-state index in [1.54, 1.807) is 26.0 Å². The van der Waals surface area contributed by atoms with Crippen LogP contribution in [0.4, 0.5) is 5.69 Å². The molecular weight excluding hydrogens is 254 g/mol. The lowest BCUT2D eigenvalue weighted by atomic mass is 10.2. The van der Waals surface area contributed by atoms with Gasteiger partial charge in [-0.05, 0) is 25.5 Å². The fraction of sp³-hybridized carbons (Fsp3) is 0.182.